The van der Waals surface area contributed by atoms with Gasteiger partial charge in [0, 0.05) is 11.7 Å². The highest BCUT2D eigenvalue weighted by Crippen LogP contribution is 2.38. The summed E-state index contributed by atoms with van der Waals surface area (Å²) in [5.74, 6) is 0. The van der Waals surface area contributed by atoms with E-state index in [2.05, 4.69) is 73.3 Å². The van der Waals surface area contributed by atoms with Crippen LogP contribution in [0.15, 0.2) is 54.6 Å². The summed E-state index contributed by atoms with van der Waals surface area (Å²) < 4.78 is 0. The zero-order valence-electron chi connectivity index (χ0n) is 14.5. The minimum atomic E-state index is 0.435. The van der Waals surface area contributed by atoms with E-state index in [1.165, 1.54) is 55.3 Å². The van der Waals surface area contributed by atoms with Crippen molar-refractivity contribution in [3.8, 4) is 0 Å². The molecule has 0 bridgehead atoms. The maximum absolute atomic E-state index is 2.70. The molecular weight excluding hydrogens is 278 g/mol. The maximum atomic E-state index is 2.70. The van der Waals surface area contributed by atoms with Gasteiger partial charge in [0.05, 0.1) is 6.04 Å². The van der Waals surface area contributed by atoms with Crippen molar-refractivity contribution in [1.29, 1.82) is 0 Å². The van der Waals surface area contributed by atoms with Crippen molar-refractivity contribution in [1.82, 2.24) is 0 Å². The Hall–Kier alpha value is -1.76. The summed E-state index contributed by atoms with van der Waals surface area (Å²) in [5.41, 5.74) is 4.39. The van der Waals surface area contributed by atoms with Crippen molar-refractivity contribution < 1.29 is 0 Å². The minimum absolute atomic E-state index is 0.435. The summed E-state index contributed by atoms with van der Waals surface area (Å²) in [6.07, 6.45) is 7.84. The predicted molar refractivity (Wildman–Crippen MR) is 100 cm³/mol. The molecule has 1 nitrogen and oxygen atoms in total. The van der Waals surface area contributed by atoms with Crippen LogP contribution in [-0.2, 0) is 6.42 Å². The molecule has 0 radical (unpaired) electrons. The van der Waals surface area contributed by atoms with Gasteiger partial charge in [-0.1, -0.05) is 74.7 Å². The molecule has 2 aromatic carbocycles. The molecule has 1 aliphatic rings. The van der Waals surface area contributed by atoms with E-state index in [1.54, 1.807) is 0 Å². The van der Waals surface area contributed by atoms with Crippen LogP contribution >= 0.6 is 0 Å². The summed E-state index contributed by atoms with van der Waals surface area (Å²) >= 11 is 0. The second-order valence-electron chi connectivity index (χ2n) is 6.81. The molecule has 0 aliphatic carbocycles. The smallest absolute Gasteiger partial charge is 0.0517 e. The summed E-state index contributed by atoms with van der Waals surface area (Å²) in [6, 6.07) is 21.1. The number of unbranched alkanes of at least 4 members (excludes halogenated alkanes) is 2. The highest BCUT2D eigenvalue weighted by atomic mass is 15.2. The largest absolute Gasteiger partial charge is 0.362 e. The van der Waals surface area contributed by atoms with Gasteiger partial charge in [-0.15, -0.1) is 0 Å². The Morgan fingerprint density at radius 2 is 1.74 bits per heavy atom. The minimum Gasteiger partial charge on any atom is -0.362 e. The SMILES string of the molecule is CCCCC[C@H]1CCc2ccccc2N1[C@H](C)c1ccccc1. The zero-order valence-corrected chi connectivity index (χ0v) is 14.5. The fourth-order valence-corrected chi connectivity index (χ4v) is 3.96. The van der Waals surface area contributed by atoms with Crippen LogP contribution in [0.2, 0.25) is 0 Å². The Labute approximate surface area is 141 Å². The fourth-order valence-electron chi connectivity index (χ4n) is 3.96. The summed E-state index contributed by atoms with van der Waals surface area (Å²) in [5, 5.41) is 0. The molecule has 2 atom stereocenters. The van der Waals surface area contributed by atoms with Gasteiger partial charge in [0.25, 0.3) is 0 Å². The number of anilines is 1. The third-order valence-electron chi connectivity index (χ3n) is 5.25. The van der Waals surface area contributed by atoms with Crippen LogP contribution in [0.25, 0.3) is 0 Å². The first-order chi connectivity index (χ1) is 11.3. The van der Waals surface area contributed by atoms with Crippen LogP contribution in [-0.4, -0.2) is 6.04 Å². The number of hydrogen-bond donors (Lipinski definition) is 0. The normalized spacial score (nSPS) is 18.5. The van der Waals surface area contributed by atoms with Gasteiger partial charge in [0.1, 0.15) is 0 Å². The molecule has 0 spiro atoms. The van der Waals surface area contributed by atoms with E-state index >= 15 is 0 Å². The van der Waals surface area contributed by atoms with Gasteiger partial charge in [-0.3, -0.25) is 0 Å². The Morgan fingerprint density at radius 3 is 2.52 bits per heavy atom. The lowest BCUT2D eigenvalue weighted by Gasteiger charge is -2.43. The van der Waals surface area contributed by atoms with Crippen LogP contribution < -0.4 is 4.90 Å². The summed E-state index contributed by atoms with van der Waals surface area (Å²) in [6.45, 7) is 4.66. The molecular formula is C22H29N. The van der Waals surface area contributed by atoms with Crippen molar-refractivity contribution in [2.45, 2.75) is 64.5 Å². The van der Waals surface area contributed by atoms with Crippen LogP contribution in [0, 0.1) is 0 Å². The molecule has 0 fully saturated rings. The first kappa shape index (κ1) is 16.1. The van der Waals surface area contributed by atoms with Crippen molar-refractivity contribution in [2.75, 3.05) is 4.90 Å². The molecule has 3 rings (SSSR count). The van der Waals surface area contributed by atoms with Gasteiger partial charge in [-0.05, 0) is 43.4 Å². The number of para-hydroxylation sites is 1. The zero-order chi connectivity index (χ0) is 16.1. The molecule has 1 aliphatic heterocycles. The Kier molecular flexibility index (Phi) is 5.38. The quantitative estimate of drug-likeness (QED) is 0.579. The van der Waals surface area contributed by atoms with E-state index in [-0.39, 0.29) is 0 Å². The van der Waals surface area contributed by atoms with Crippen LogP contribution in [0.4, 0.5) is 5.69 Å². The van der Waals surface area contributed by atoms with Gasteiger partial charge in [-0.25, -0.2) is 0 Å². The first-order valence-electron chi connectivity index (χ1n) is 9.22. The molecule has 0 saturated heterocycles. The van der Waals surface area contributed by atoms with E-state index in [4.69, 9.17) is 0 Å². The Bertz CT molecular complexity index is 604. The van der Waals surface area contributed by atoms with E-state index in [0.717, 1.165) is 0 Å². The van der Waals surface area contributed by atoms with E-state index in [9.17, 15) is 0 Å². The van der Waals surface area contributed by atoms with Crippen LogP contribution in [0.5, 0.6) is 0 Å². The lowest BCUT2D eigenvalue weighted by molar-refractivity contribution is 0.442. The lowest BCUT2D eigenvalue weighted by atomic mass is 9.90. The van der Waals surface area contributed by atoms with Crippen molar-refractivity contribution in [3.05, 3.63) is 65.7 Å². The predicted octanol–water partition coefficient (Wildman–Crippen LogP) is 6.15. The van der Waals surface area contributed by atoms with E-state index < -0.39 is 0 Å². The molecule has 122 valence electrons. The highest BCUT2D eigenvalue weighted by molar-refractivity contribution is 5.58. The molecule has 0 amide bonds. The maximum Gasteiger partial charge on any atom is 0.0517 e. The topological polar surface area (TPSA) is 3.24 Å². The first-order valence-corrected chi connectivity index (χ1v) is 9.22. The number of nitrogens with zero attached hydrogens (tertiary/aromatic N) is 1. The molecule has 0 aromatic heterocycles. The van der Waals surface area contributed by atoms with Crippen LogP contribution in [0.3, 0.4) is 0 Å². The number of fused-ring (bicyclic) bond motifs is 1. The van der Waals surface area contributed by atoms with Gasteiger partial charge in [0.15, 0.2) is 0 Å². The number of benzene rings is 2. The van der Waals surface area contributed by atoms with Gasteiger partial charge in [-0.2, -0.15) is 0 Å². The average molecular weight is 307 g/mol. The van der Waals surface area contributed by atoms with Gasteiger partial charge >= 0.3 is 0 Å². The van der Waals surface area contributed by atoms with Gasteiger partial charge < -0.3 is 4.90 Å². The second kappa shape index (κ2) is 7.68. The molecule has 0 saturated carbocycles. The average Bonchev–Trinajstić information content (AvgIpc) is 2.62. The van der Waals surface area contributed by atoms with E-state index in [1.807, 2.05) is 0 Å². The summed E-state index contributed by atoms with van der Waals surface area (Å²) in [4.78, 5) is 2.70. The highest BCUT2D eigenvalue weighted by Gasteiger charge is 2.29. The number of hydrogen-bond acceptors (Lipinski definition) is 1. The fraction of sp³-hybridized carbons (Fsp3) is 0.455. The van der Waals surface area contributed by atoms with Crippen LogP contribution in [0.1, 0.15) is 63.1 Å². The van der Waals surface area contributed by atoms with E-state index in [0.29, 0.717) is 12.1 Å². The molecule has 0 unspecified atom stereocenters. The van der Waals surface area contributed by atoms with Crippen molar-refractivity contribution in [2.24, 2.45) is 0 Å². The third-order valence-corrected chi connectivity index (χ3v) is 5.25. The molecule has 1 heterocycles. The summed E-state index contributed by atoms with van der Waals surface area (Å²) in [7, 11) is 0. The molecule has 23 heavy (non-hydrogen) atoms. The standard InChI is InChI=1S/C22H29N/c1-3-4-6-14-21-17-16-20-13-9-10-15-22(20)23(21)18(2)19-11-7-5-8-12-19/h5,7-13,15,18,21H,3-4,6,14,16-17H2,1-2H3/t18-,21+/m1/s1. The van der Waals surface area contributed by atoms with Crippen molar-refractivity contribution in [3.63, 3.8) is 0 Å². The lowest BCUT2D eigenvalue weighted by Crippen LogP contribution is -2.41. The number of aryl methyl sites for hydroxylation is 1. The third kappa shape index (κ3) is 3.60. The molecule has 0 N–H and O–H groups in total. The monoisotopic (exact) mass is 307 g/mol. The molecule has 2 aromatic rings. The van der Waals surface area contributed by atoms with Crippen molar-refractivity contribution >= 4 is 5.69 Å². The molecule has 1 heteroatoms. The Balaban J connectivity index is 1.89. The van der Waals surface area contributed by atoms with Gasteiger partial charge in [0.2, 0.25) is 0 Å². The Morgan fingerprint density at radius 1 is 1.00 bits per heavy atom. The number of rotatable bonds is 6. The second-order valence-corrected chi connectivity index (χ2v) is 6.81.